The van der Waals surface area contributed by atoms with Gasteiger partial charge in [0.05, 0.1) is 16.5 Å². The molecule has 1 aromatic carbocycles. The van der Waals surface area contributed by atoms with E-state index < -0.39 is 0 Å². The molecule has 1 aliphatic rings. The van der Waals surface area contributed by atoms with Gasteiger partial charge in [0.1, 0.15) is 11.9 Å². The molecule has 2 aromatic rings. The Balaban J connectivity index is 2.34. The number of nitrogens with one attached hydrogen (secondary N) is 1. The van der Waals surface area contributed by atoms with Gasteiger partial charge in [-0.2, -0.15) is 5.10 Å². The minimum absolute atomic E-state index is 0.154. The van der Waals surface area contributed by atoms with Gasteiger partial charge in [0.2, 0.25) is 0 Å². The summed E-state index contributed by atoms with van der Waals surface area (Å²) < 4.78 is 5.82. The van der Waals surface area contributed by atoms with Crippen molar-refractivity contribution in [2.24, 2.45) is 0 Å². The van der Waals surface area contributed by atoms with E-state index in [9.17, 15) is 4.79 Å². The van der Waals surface area contributed by atoms with E-state index in [2.05, 4.69) is 17.1 Å². The second-order valence-corrected chi connectivity index (χ2v) is 4.03. The van der Waals surface area contributed by atoms with Crippen LogP contribution >= 0.6 is 0 Å². The maximum absolute atomic E-state index is 11.6. The summed E-state index contributed by atoms with van der Waals surface area (Å²) in [5, 5.41) is 8.19. The third kappa shape index (κ3) is 1.23. The molecule has 0 radical (unpaired) electrons. The van der Waals surface area contributed by atoms with Crippen molar-refractivity contribution in [1.82, 2.24) is 10.2 Å². The first-order chi connectivity index (χ1) is 7.79. The minimum atomic E-state index is -0.154. The Hall–Kier alpha value is -1.84. The summed E-state index contributed by atoms with van der Waals surface area (Å²) in [5.41, 5.74) is 0.780. The lowest BCUT2D eigenvalue weighted by atomic mass is 10.0. The molecule has 0 aliphatic carbocycles. The van der Waals surface area contributed by atoms with Crippen molar-refractivity contribution in [3.63, 3.8) is 0 Å². The van der Waals surface area contributed by atoms with Crippen LogP contribution in [0.2, 0.25) is 0 Å². The van der Waals surface area contributed by atoms with Crippen molar-refractivity contribution < 1.29 is 4.74 Å². The van der Waals surface area contributed by atoms with E-state index in [0.29, 0.717) is 5.39 Å². The molecule has 2 heterocycles. The average molecular weight is 216 g/mol. The van der Waals surface area contributed by atoms with Crippen molar-refractivity contribution in [2.75, 3.05) is 0 Å². The smallest absolute Gasteiger partial charge is 0.272 e. The zero-order chi connectivity index (χ0) is 11.1. The number of hydrogen-bond acceptors (Lipinski definition) is 3. The number of nitrogens with zero attached hydrogens (tertiary/aromatic N) is 1. The molecule has 1 N–H and O–H groups in total. The highest BCUT2D eigenvalue weighted by Crippen LogP contribution is 2.32. The summed E-state index contributed by atoms with van der Waals surface area (Å²) >= 11 is 0. The number of aromatic amines is 1. The van der Waals surface area contributed by atoms with Crippen LogP contribution in [0.3, 0.4) is 0 Å². The van der Waals surface area contributed by atoms with Crippen molar-refractivity contribution in [1.29, 1.82) is 0 Å². The van der Waals surface area contributed by atoms with Crippen LogP contribution in [0.4, 0.5) is 0 Å². The molecular formula is C12H12N2O2. The summed E-state index contributed by atoms with van der Waals surface area (Å²) in [7, 11) is 0. The molecule has 1 aliphatic heterocycles. The lowest BCUT2D eigenvalue weighted by molar-refractivity contribution is 0.191. The van der Waals surface area contributed by atoms with Crippen LogP contribution in [0.25, 0.3) is 10.8 Å². The molecule has 0 bridgehead atoms. The highest BCUT2D eigenvalue weighted by atomic mass is 16.5. The Labute approximate surface area is 92.2 Å². The molecule has 0 amide bonds. The van der Waals surface area contributed by atoms with E-state index in [1.165, 1.54) is 0 Å². The fourth-order valence-corrected chi connectivity index (χ4v) is 2.16. The quantitative estimate of drug-likeness (QED) is 0.788. The van der Waals surface area contributed by atoms with Crippen molar-refractivity contribution in [2.45, 2.75) is 25.9 Å². The molecule has 0 saturated carbocycles. The molecule has 0 fully saturated rings. The average Bonchev–Trinajstić information content (AvgIpc) is 2.33. The highest BCUT2D eigenvalue weighted by Gasteiger charge is 2.22. The Bertz CT molecular complexity index is 591. The van der Waals surface area contributed by atoms with Crippen LogP contribution in [-0.4, -0.2) is 16.3 Å². The molecule has 4 heteroatoms. The second-order valence-electron chi connectivity index (χ2n) is 4.03. The van der Waals surface area contributed by atoms with Crippen LogP contribution in [-0.2, 0) is 6.42 Å². The summed E-state index contributed by atoms with van der Waals surface area (Å²) in [5.74, 6) is 0.782. The molecular weight excluding hydrogens is 204 g/mol. The first-order valence-electron chi connectivity index (χ1n) is 5.46. The molecule has 0 spiro atoms. The molecule has 1 atom stereocenters. The third-order valence-electron chi connectivity index (χ3n) is 3.02. The largest absolute Gasteiger partial charge is 0.489 e. The fraction of sp³-hybridized carbons (Fsp3) is 0.333. The predicted octanol–water partition coefficient (Wildman–Crippen LogP) is 1.64. The number of benzene rings is 1. The predicted molar refractivity (Wildman–Crippen MR) is 60.8 cm³/mol. The molecule has 0 saturated heterocycles. The van der Waals surface area contributed by atoms with Gasteiger partial charge in [-0.05, 0) is 18.6 Å². The third-order valence-corrected chi connectivity index (χ3v) is 3.02. The van der Waals surface area contributed by atoms with Crippen molar-refractivity contribution in [3.8, 4) is 5.75 Å². The number of H-pyrrole nitrogens is 1. The summed E-state index contributed by atoms with van der Waals surface area (Å²) in [6, 6.07) is 5.54. The van der Waals surface area contributed by atoms with Crippen LogP contribution in [0.5, 0.6) is 5.75 Å². The Kier molecular flexibility index (Phi) is 1.96. The monoisotopic (exact) mass is 216 g/mol. The Morgan fingerprint density at radius 3 is 3.25 bits per heavy atom. The fourth-order valence-electron chi connectivity index (χ4n) is 2.16. The lowest BCUT2D eigenvalue weighted by Crippen LogP contribution is -2.25. The van der Waals surface area contributed by atoms with E-state index >= 15 is 0 Å². The van der Waals surface area contributed by atoms with Gasteiger partial charge in [-0.15, -0.1) is 0 Å². The van der Waals surface area contributed by atoms with Gasteiger partial charge < -0.3 is 4.74 Å². The van der Waals surface area contributed by atoms with Gasteiger partial charge in [-0.3, -0.25) is 4.79 Å². The topological polar surface area (TPSA) is 55.0 Å². The number of rotatable bonds is 1. The number of hydrogen-bond donors (Lipinski definition) is 1. The van der Waals surface area contributed by atoms with E-state index in [1.54, 1.807) is 6.07 Å². The first kappa shape index (κ1) is 9.39. The van der Waals surface area contributed by atoms with Gasteiger partial charge in [0, 0.05) is 6.42 Å². The van der Waals surface area contributed by atoms with Gasteiger partial charge >= 0.3 is 0 Å². The summed E-state index contributed by atoms with van der Waals surface area (Å²) in [4.78, 5) is 11.6. The number of ether oxygens (including phenoxy) is 1. The maximum Gasteiger partial charge on any atom is 0.272 e. The molecule has 1 aromatic heterocycles. The van der Waals surface area contributed by atoms with Gasteiger partial charge in [0.15, 0.2) is 0 Å². The molecule has 1 unspecified atom stereocenters. The summed E-state index contributed by atoms with van der Waals surface area (Å²) in [6.45, 7) is 2.08. The standard InChI is InChI=1S/C12H12N2O2/c1-2-7-6-9-11-8(12(15)14-13-9)4-3-5-10(11)16-7/h3-5,7H,2,6H2,1H3,(H,14,15). The zero-order valence-electron chi connectivity index (χ0n) is 8.99. The Morgan fingerprint density at radius 1 is 1.56 bits per heavy atom. The van der Waals surface area contributed by atoms with Crippen LogP contribution in [0.15, 0.2) is 23.0 Å². The first-order valence-corrected chi connectivity index (χ1v) is 5.46. The molecule has 82 valence electrons. The summed E-state index contributed by atoms with van der Waals surface area (Å²) in [6.07, 6.45) is 1.87. The Morgan fingerprint density at radius 2 is 2.44 bits per heavy atom. The zero-order valence-corrected chi connectivity index (χ0v) is 8.99. The van der Waals surface area contributed by atoms with Crippen LogP contribution in [0.1, 0.15) is 19.0 Å². The van der Waals surface area contributed by atoms with Gasteiger partial charge in [-0.1, -0.05) is 13.0 Å². The maximum atomic E-state index is 11.6. The van der Waals surface area contributed by atoms with Crippen LogP contribution < -0.4 is 10.3 Å². The van der Waals surface area contributed by atoms with E-state index in [4.69, 9.17) is 4.74 Å². The molecule has 3 rings (SSSR count). The lowest BCUT2D eigenvalue weighted by Gasteiger charge is -2.24. The normalized spacial score (nSPS) is 18.4. The highest BCUT2D eigenvalue weighted by molar-refractivity contribution is 5.90. The minimum Gasteiger partial charge on any atom is -0.489 e. The van der Waals surface area contributed by atoms with E-state index in [0.717, 1.165) is 29.7 Å². The second kappa shape index (κ2) is 3.33. The SMILES string of the molecule is CCC1Cc2n[nH]c(=O)c3cccc(c23)O1. The van der Waals surface area contributed by atoms with Crippen molar-refractivity contribution >= 4 is 10.8 Å². The van der Waals surface area contributed by atoms with Gasteiger partial charge in [-0.25, -0.2) is 5.10 Å². The van der Waals surface area contributed by atoms with Crippen molar-refractivity contribution in [3.05, 3.63) is 34.2 Å². The number of aromatic nitrogens is 2. The molecule has 4 nitrogen and oxygen atoms in total. The molecule has 16 heavy (non-hydrogen) atoms. The van der Waals surface area contributed by atoms with Crippen LogP contribution in [0, 0.1) is 0 Å². The van der Waals surface area contributed by atoms with E-state index in [-0.39, 0.29) is 11.7 Å². The van der Waals surface area contributed by atoms with E-state index in [1.807, 2.05) is 12.1 Å². The van der Waals surface area contributed by atoms with Gasteiger partial charge in [0.25, 0.3) is 5.56 Å².